The quantitative estimate of drug-likeness (QED) is 0.506. The molecule has 0 unspecified atom stereocenters. The molecular formula is C25H29NO4. The van der Waals surface area contributed by atoms with Gasteiger partial charge in [0.1, 0.15) is 5.58 Å². The lowest BCUT2D eigenvalue weighted by Crippen LogP contribution is -2.23. The highest BCUT2D eigenvalue weighted by atomic mass is 16.5. The molecule has 0 fully saturated rings. The van der Waals surface area contributed by atoms with Gasteiger partial charge in [0.05, 0.1) is 13.7 Å². The Kier molecular flexibility index (Phi) is 6.09. The van der Waals surface area contributed by atoms with Crippen LogP contribution in [0.15, 0.2) is 45.6 Å². The van der Waals surface area contributed by atoms with Gasteiger partial charge < -0.3 is 13.9 Å². The predicted molar refractivity (Wildman–Crippen MR) is 118 cm³/mol. The van der Waals surface area contributed by atoms with E-state index in [1.807, 2.05) is 19.1 Å². The summed E-state index contributed by atoms with van der Waals surface area (Å²) in [6.07, 6.45) is 3.35. The van der Waals surface area contributed by atoms with E-state index in [0.717, 1.165) is 53.9 Å². The van der Waals surface area contributed by atoms with Crippen molar-refractivity contribution >= 4 is 11.0 Å². The normalized spacial score (nSPS) is 13.1. The Morgan fingerprint density at radius 1 is 1.00 bits per heavy atom. The Morgan fingerprint density at radius 3 is 2.53 bits per heavy atom. The summed E-state index contributed by atoms with van der Waals surface area (Å²) in [7, 11) is 1.66. The maximum atomic E-state index is 12.2. The van der Waals surface area contributed by atoms with Crippen LogP contribution in [-0.2, 0) is 25.9 Å². The SMILES string of the molecule is CCOc1ccc(CN(CC)Cc2cc(=O)oc3cc4c(cc23)CCC4)cc1OC. The zero-order chi connectivity index (χ0) is 21.1. The number of hydrogen-bond acceptors (Lipinski definition) is 5. The smallest absolute Gasteiger partial charge is 0.336 e. The molecule has 0 radical (unpaired) electrons. The molecule has 0 saturated carbocycles. The summed E-state index contributed by atoms with van der Waals surface area (Å²) in [5, 5.41) is 1.05. The molecule has 0 saturated heterocycles. The Hall–Kier alpha value is -2.79. The Bertz CT molecular complexity index is 1100. The molecule has 1 heterocycles. The molecule has 1 aliphatic carbocycles. The average molecular weight is 408 g/mol. The van der Waals surface area contributed by atoms with Gasteiger partial charge in [0, 0.05) is 24.5 Å². The molecule has 2 aromatic carbocycles. The highest BCUT2D eigenvalue weighted by Crippen LogP contribution is 2.30. The van der Waals surface area contributed by atoms with Crippen molar-refractivity contribution in [2.24, 2.45) is 0 Å². The van der Waals surface area contributed by atoms with Gasteiger partial charge in [-0.1, -0.05) is 13.0 Å². The maximum absolute atomic E-state index is 12.2. The second-order valence-corrected chi connectivity index (χ2v) is 7.78. The molecule has 158 valence electrons. The molecule has 1 aromatic heterocycles. The molecule has 30 heavy (non-hydrogen) atoms. The highest BCUT2D eigenvalue weighted by Gasteiger charge is 2.17. The van der Waals surface area contributed by atoms with Gasteiger partial charge in [-0.15, -0.1) is 0 Å². The number of aryl methyl sites for hydroxylation is 2. The van der Waals surface area contributed by atoms with E-state index in [0.29, 0.717) is 18.7 Å². The minimum absolute atomic E-state index is 0.283. The Morgan fingerprint density at radius 2 is 1.80 bits per heavy atom. The van der Waals surface area contributed by atoms with Gasteiger partial charge in [-0.25, -0.2) is 4.79 Å². The molecule has 0 amide bonds. The van der Waals surface area contributed by atoms with E-state index in [4.69, 9.17) is 13.9 Å². The molecular weight excluding hydrogens is 378 g/mol. The van der Waals surface area contributed by atoms with Gasteiger partial charge in [-0.2, -0.15) is 0 Å². The summed E-state index contributed by atoms with van der Waals surface area (Å²) in [6, 6.07) is 12.0. The zero-order valence-corrected chi connectivity index (χ0v) is 18.0. The molecule has 3 aromatic rings. The van der Waals surface area contributed by atoms with Crippen molar-refractivity contribution in [1.82, 2.24) is 4.90 Å². The summed E-state index contributed by atoms with van der Waals surface area (Å²) in [6.45, 7) is 7.00. The predicted octanol–water partition coefficient (Wildman–Crippen LogP) is 4.71. The number of nitrogens with zero attached hydrogens (tertiary/aromatic N) is 1. The van der Waals surface area contributed by atoms with E-state index in [1.54, 1.807) is 13.2 Å². The van der Waals surface area contributed by atoms with Gasteiger partial charge in [0.2, 0.25) is 0 Å². The number of methoxy groups -OCH3 is 1. The van der Waals surface area contributed by atoms with E-state index in [2.05, 4.69) is 30.0 Å². The van der Waals surface area contributed by atoms with Crippen LogP contribution in [0.25, 0.3) is 11.0 Å². The number of benzene rings is 2. The van der Waals surface area contributed by atoms with Gasteiger partial charge in [0.25, 0.3) is 0 Å². The lowest BCUT2D eigenvalue weighted by atomic mass is 10.0. The fourth-order valence-corrected chi connectivity index (χ4v) is 4.29. The monoisotopic (exact) mass is 407 g/mol. The minimum Gasteiger partial charge on any atom is -0.493 e. The van der Waals surface area contributed by atoms with Crippen LogP contribution in [0.5, 0.6) is 11.5 Å². The van der Waals surface area contributed by atoms with Crippen LogP contribution in [0.4, 0.5) is 0 Å². The summed E-state index contributed by atoms with van der Waals surface area (Å²) in [5.74, 6) is 1.50. The first-order chi connectivity index (χ1) is 14.6. The molecule has 0 spiro atoms. The van der Waals surface area contributed by atoms with Crippen LogP contribution in [0.3, 0.4) is 0 Å². The third-order valence-corrected chi connectivity index (χ3v) is 5.82. The maximum Gasteiger partial charge on any atom is 0.336 e. The van der Waals surface area contributed by atoms with Crippen LogP contribution in [0.1, 0.15) is 42.5 Å². The van der Waals surface area contributed by atoms with Gasteiger partial charge in [-0.05, 0) is 79.3 Å². The minimum atomic E-state index is -0.283. The van der Waals surface area contributed by atoms with Crippen molar-refractivity contribution in [3.05, 3.63) is 69.1 Å². The standard InChI is InChI=1S/C25H29NO4/c1-4-26(15-17-9-10-22(29-5-2)24(11-17)28-3)16-20-14-25(27)30-23-13-19-8-6-7-18(19)12-21(20)23/h9-14H,4-8,15-16H2,1-3H3. The van der Waals surface area contributed by atoms with Crippen LogP contribution in [-0.4, -0.2) is 25.2 Å². The number of fused-ring (bicyclic) bond motifs is 2. The highest BCUT2D eigenvalue weighted by molar-refractivity contribution is 5.82. The van der Waals surface area contributed by atoms with Crippen LogP contribution in [0, 0.1) is 0 Å². The van der Waals surface area contributed by atoms with Crippen molar-refractivity contribution in [2.75, 3.05) is 20.3 Å². The zero-order valence-electron chi connectivity index (χ0n) is 18.0. The number of ether oxygens (including phenoxy) is 2. The Balaban J connectivity index is 1.61. The van der Waals surface area contributed by atoms with Gasteiger partial charge in [-0.3, -0.25) is 4.90 Å². The van der Waals surface area contributed by atoms with Crippen molar-refractivity contribution < 1.29 is 13.9 Å². The molecule has 5 heteroatoms. The summed E-state index contributed by atoms with van der Waals surface area (Å²) in [4.78, 5) is 14.5. The van der Waals surface area contributed by atoms with Crippen LogP contribution < -0.4 is 15.1 Å². The van der Waals surface area contributed by atoms with Gasteiger partial charge in [0.15, 0.2) is 11.5 Å². The number of hydrogen-bond donors (Lipinski definition) is 0. The molecule has 0 bridgehead atoms. The summed E-state index contributed by atoms with van der Waals surface area (Å²) < 4.78 is 16.6. The first-order valence-corrected chi connectivity index (χ1v) is 10.7. The third kappa shape index (κ3) is 4.21. The van der Waals surface area contributed by atoms with Crippen molar-refractivity contribution in [1.29, 1.82) is 0 Å². The van der Waals surface area contributed by atoms with Crippen molar-refractivity contribution in [2.45, 2.75) is 46.2 Å². The first-order valence-electron chi connectivity index (χ1n) is 10.7. The average Bonchev–Trinajstić information content (AvgIpc) is 3.20. The van der Waals surface area contributed by atoms with Crippen LogP contribution in [0.2, 0.25) is 0 Å². The van der Waals surface area contributed by atoms with E-state index in [9.17, 15) is 4.79 Å². The summed E-state index contributed by atoms with van der Waals surface area (Å²) >= 11 is 0. The molecule has 0 aliphatic heterocycles. The first kappa shape index (κ1) is 20.5. The van der Waals surface area contributed by atoms with E-state index >= 15 is 0 Å². The fraction of sp³-hybridized carbons (Fsp3) is 0.400. The fourth-order valence-electron chi connectivity index (χ4n) is 4.29. The molecule has 4 rings (SSSR count). The second-order valence-electron chi connectivity index (χ2n) is 7.78. The molecule has 1 aliphatic rings. The lowest BCUT2D eigenvalue weighted by Gasteiger charge is -2.22. The molecule has 0 N–H and O–H groups in total. The van der Waals surface area contributed by atoms with E-state index in [1.165, 1.54) is 17.5 Å². The Labute approximate surface area is 177 Å². The molecule has 5 nitrogen and oxygen atoms in total. The van der Waals surface area contributed by atoms with E-state index < -0.39 is 0 Å². The van der Waals surface area contributed by atoms with E-state index in [-0.39, 0.29) is 5.63 Å². The topological polar surface area (TPSA) is 51.9 Å². The second kappa shape index (κ2) is 8.92. The van der Waals surface area contributed by atoms with Crippen LogP contribution >= 0.6 is 0 Å². The lowest BCUT2D eigenvalue weighted by molar-refractivity contribution is 0.270. The molecule has 0 atom stereocenters. The van der Waals surface area contributed by atoms with Gasteiger partial charge >= 0.3 is 5.63 Å². The summed E-state index contributed by atoms with van der Waals surface area (Å²) in [5.41, 5.74) is 5.29. The van der Waals surface area contributed by atoms with Crippen molar-refractivity contribution in [3.63, 3.8) is 0 Å². The number of rotatable bonds is 8. The largest absolute Gasteiger partial charge is 0.493 e. The third-order valence-electron chi connectivity index (χ3n) is 5.82. The van der Waals surface area contributed by atoms with Crippen molar-refractivity contribution in [3.8, 4) is 11.5 Å².